The van der Waals surface area contributed by atoms with Gasteiger partial charge in [-0.25, -0.2) is 0 Å². The molecule has 0 unspecified atom stereocenters. The summed E-state index contributed by atoms with van der Waals surface area (Å²) >= 11 is 0. The Morgan fingerprint density at radius 3 is 2.71 bits per heavy atom. The van der Waals surface area contributed by atoms with Crippen molar-refractivity contribution in [1.29, 1.82) is 10.5 Å². The molecule has 24 heavy (non-hydrogen) atoms. The summed E-state index contributed by atoms with van der Waals surface area (Å²) in [6, 6.07) is 13.1. The summed E-state index contributed by atoms with van der Waals surface area (Å²) in [5.74, 6) is 0.577. The van der Waals surface area contributed by atoms with E-state index in [4.69, 9.17) is 5.26 Å². The summed E-state index contributed by atoms with van der Waals surface area (Å²) in [7, 11) is 0. The maximum atomic E-state index is 9.25. The molecule has 0 aliphatic carbocycles. The quantitative estimate of drug-likeness (QED) is 0.902. The number of benzene rings is 1. The van der Waals surface area contributed by atoms with E-state index in [1.807, 2.05) is 0 Å². The van der Waals surface area contributed by atoms with Crippen LogP contribution < -0.4 is 0 Å². The third-order valence-corrected chi connectivity index (χ3v) is 5.20. The molecule has 0 spiro atoms. The van der Waals surface area contributed by atoms with Crippen molar-refractivity contribution in [1.82, 2.24) is 9.88 Å². The van der Waals surface area contributed by atoms with E-state index in [1.54, 1.807) is 0 Å². The first-order valence-electron chi connectivity index (χ1n) is 8.79. The summed E-state index contributed by atoms with van der Waals surface area (Å²) in [4.78, 5) is 5.91. The van der Waals surface area contributed by atoms with Gasteiger partial charge < -0.3 is 9.88 Å². The molecule has 1 atom stereocenters. The van der Waals surface area contributed by atoms with E-state index >= 15 is 0 Å². The first kappa shape index (κ1) is 16.6. The molecule has 1 fully saturated rings. The van der Waals surface area contributed by atoms with Crippen LogP contribution >= 0.6 is 0 Å². The number of hydrogen-bond donors (Lipinski definition) is 1. The lowest BCUT2D eigenvalue weighted by Crippen LogP contribution is -2.36. The molecule has 1 aromatic carbocycles. The highest BCUT2D eigenvalue weighted by atomic mass is 15.1. The fourth-order valence-electron chi connectivity index (χ4n) is 3.98. The lowest BCUT2D eigenvalue weighted by atomic mass is 9.87. The van der Waals surface area contributed by atoms with Gasteiger partial charge in [-0.1, -0.05) is 18.2 Å². The zero-order valence-corrected chi connectivity index (χ0v) is 14.3. The minimum atomic E-state index is -0.0176. The molecule has 1 aliphatic heterocycles. The standard InChI is InChI=1S/C20H24N4/c1-15-20(18-6-2-3-7-19(18)23-15)17-8-11-24(12-9-17)14-16(13-22)5-4-10-21/h2-3,6-7,16-17,23H,4-5,8-9,11-12,14H2,1H3/t16-/m0/s1. The number of fused-ring (bicyclic) bond motifs is 1. The molecular weight excluding hydrogens is 296 g/mol. The second-order valence-electron chi connectivity index (χ2n) is 6.81. The number of para-hydroxylation sites is 1. The molecule has 124 valence electrons. The molecule has 4 heteroatoms. The maximum Gasteiger partial charge on any atom is 0.0669 e. The number of rotatable bonds is 5. The zero-order chi connectivity index (χ0) is 16.9. The Morgan fingerprint density at radius 2 is 2.00 bits per heavy atom. The van der Waals surface area contributed by atoms with Crippen LogP contribution in [0.3, 0.4) is 0 Å². The Balaban J connectivity index is 1.64. The van der Waals surface area contributed by atoms with Gasteiger partial charge in [0.2, 0.25) is 0 Å². The first-order valence-corrected chi connectivity index (χ1v) is 8.79. The number of aromatic amines is 1. The second kappa shape index (κ2) is 7.51. The van der Waals surface area contributed by atoms with Crippen molar-refractivity contribution in [2.75, 3.05) is 19.6 Å². The number of nitriles is 2. The lowest BCUT2D eigenvalue weighted by molar-refractivity contribution is 0.194. The highest BCUT2D eigenvalue weighted by molar-refractivity contribution is 5.85. The number of aromatic nitrogens is 1. The van der Waals surface area contributed by atoms with E-state index in [0.717, 1.165) is 32.5 Å². The summed E-state index contributed by atoms with van der Waals surface area (Å²) in [5.41, 5.74) is 4.00. The molecule has 0 radical (unpaired) electrons. The number of likely N-dealkylation sites (tertiary alicyclic amines) is 1. The van der Waals surface area contributed by atoms with Gasteiger partial charge in [0.1, 0.15) is 0 Å². The molecule has 1 saturated heterocycles. The van der Waals surface area contributed by atoms with Crippen molar-refractivity contribution < 1.29 is 0 Å². The molecule has 1 N–H and O–H groups in total. The number of nitrogens with zero attached hydrogens (tertiary/aromatic N) is 3. The van der Waals surface area contributed by atoms with E-state index in [1.165, 1.54) is 22.2 Å². The fourth-order valence-corrected chi connectivity index (χ4v) is 3.98. The van der Waals surface area contributed by atoms with Crippen molar-refractivity contribution in [3.63, 3.8) is 0 Å². The predicted molar refractivity (Wildman–Crippen MR) is 95.4 cm³/mol. The van der Waals surface area contributed by atoms with Crippen LogP contribution in [0.2, 0.25) is 0 Å². The molecule has 2 heterocycles. The normalized spacial score (nSPS) is 17.5. The van der Waals surface area contributed by atoms with Gasteiger partial charge in [-0.3, -0.25) is 0 Å². The maximum absolute atomic E-state index is 9.25. The average molecular weight is 320 g/mol. The Bertz CT molecular complexity index is 769. The van der Waals surface area contributed by atoms with Crippen LogP contribution in [0.15, 0.2) is 24.3 Å². The smallest absolute Gasteiger partial charge is 0.0669 e. The minimum absolute atomic E-state index is 0.0176. The van der Waals surface area contributed by atoms with Crippen molar-refractivity contribution in [3.8, 4) is 12.1 Å². The fraction of sp³-hybridized carbons (Fsp3) is 0.500. The molecule has 1 aliphatic rings. The van der Waals surface area contributed by atoms with Crippen LogP contribution in [0, 0.1) is 35.5 Å². The molecule has 4 nitrogen and oxygen atoms in total. The molecule has 0 bridgehead atoms. The topological polar surface area (TPSA) is 66.6 Å². The number of aryl methyl sites for hydroxylation is 1. The van der Waals surface area contributed by atoms with Gasteiger partial charge >= 0.3 is 0 Å². The minimum Gasteiger partial charge on any atom is -0.358 e. The van der Waals surface area contributed by atoms with Crippen LogP contribution in [0.25, 0.3) is 10.9 Å². The zero-order valence-electron chi connectivity index (χ0n) is 14.3. The van der Waals surface area contributed by atoms with Crippen LogP contribution in [-0.4, -0.2) is 29.5 Å². The van der Waals surface area contributed by atoms with E-state index in [9.17, 15) is 5.26 Å². The van der Waals surface area contributed by atoms with Crippen molar-refractivity contribution in [3.05, 3.63) is 35.5 Å². The number of nitrogens with one attached hydrogen (secondary N) is 1. The molecule has 0 saturated carbocycles. The lowest BCUT2D eigenvalue weighted by Gasteiger charge is -2.33. The van der Waals surface area contributed by atoms with Crippen LogP contribution in [0.5, 0.6) is 0 Å². The third kappa shape index (κ3) is 3.45. The van der Waals surface area contributed by atoms with Crippen molar-refractivity contribution in [2.45, 2.75) is 38.5 Å². The Labute approximate surface area is 143 Å². The van der Waals surface area contributed by atoms with E-state index in [2.05, 4.69) is 53.2 Å². The monoisotopic (exact) mass is 320 g/mol. The van der Waals surface area contributed by atoms with E-state index in [0.29, 0.717) is 18.8 Å². The van der Waals surface area contributed by atoms with Crippen LogP contribution in [0.1, 0.15) is 42.9 Å². The number of hydrogen-bond acceptors (Lipinski definition) is 3. The van der Waals surface area contributed by atoms with Gasteiger partial charge in [0.05, 0.1) is 18.1 Å². The third-order valence-electron chi connectivity index (χ3n) is 5.20. The highest BCUT2D eigenvalue weighted by Gasteiger charge is 2.25. The largest absolute Gasteiger partial charge is 0.358 e. The predicted octanol–water partition coefficient (Wildman–Crippen LogP) is 4.10. The van der Waals surface area contributed by atoms with Gasteiger partial charge in [-0.2, -0.15) is 10.5 Å². The SMILES string of the molecule is Cc1[nH]c2ccccc2c1C1CCN(C[C@H](C#N)CCC#N)CC1. The van der Waals surface area contributed by atoms with Gasteiger partial charge in [-0.05, 0) is 56.8 Å². The number of piperidine rings is 1. The summed E-state index contributed by atoms with van der Waals surface area (Å²) in [6.45, 7) is 5.05. The average Bonchev–Trinajstić information content (AvgIpc) is 2.95. The Morgan fingerprint density at radius 1 is 1.25 bits per heavy atom. The Hall–Kier alpha value is -2.30. The van der Waals surface area contributed by atoms with Crippen LogP contribution in [-0.2, 0) is 0 Å². The van der Waals surface area contributed by atoms with E-state index < -0.39 is 0 Å². The van der Waals surface area contributed by atoms with Gasteiger partial charge in [0.25, 0.3) is 0 Å². The summed E-state index contributed by atoms with van der Waals surface area (Å²) in [5, 5.41) is 19.3. The molecular formula is C20H24N4. The highest BCUT2D eigenvalue weighted by Crippen LogP contribution is 2.35. The van der Waals surface area contributed by atoms with Gasteiger partial charge in [-0.15, -0.1) is 0 Å². The molecule has 1 aromatic heterocycles. The Kier molecular flexibility index (Phi) is 5.18. The first-order chi connectivity index (χ1) is 11.7. The summed E-state index contributed by atoms with van der Waals surface area (Å²) < 4.78 is 0. The van der Waals surface area contributed by atoms with E-state index in [-0.39, 0.29) is 5.92 Å². The number of H-pyrrole nitrogens is 1. The molecule has 2 aromatic rings. The van der Waals surface area contributed by atoms with Crippen LogP contribution in [0.4, 0.5) is 0 Å². The summed E-state index contributed by atoms with van der Waals surface area (Å²) in [6.07, 6.45) is 3.44. The van der Waals surface area contributed by atoms with Crippen molar-refractivity contribution >= 4 is 10.9 Å². The van der Waals surface area contributed by atoms with Gasteiger partial charge in [0.15, 0.2) is 0 Å². The van der Waals surface area contributed by atoms with Gasteiger partial charge in [0, 0.05) is 29.6 Å². The molecule has 0 amide bonds. The second-order valence-corrected chi connectivity index (χ2v) is 6.81. The van der Waals surface area contributed by atoms with Crippen molar-refractivity contribution in [2.24, 2.45) is 5.92 Å². The molecule has 3 rings (SSSR count).